The van der Waals surface area contributed by atoms with Gasteiger partial charge in [0.05, 0.1) is 6.04 Å². The van der Waals surface area contributed by atoms with Crippen molar-refractivity contribution in [2.45, 2.75) is 39.3 Å². The summed E-state index contributed by atoms with van der Waals surface area (Å²) in [6, 6.07) is 6.01. The molecule has 0 bridgehead atoms. The van der Waals surface area contributed by atoms with E-state index in [2.05, 4.69) is 42.7 Å². The molecule has 2 amide bonds. The van der Waals surface area contributed by atoms with Gasteiger partial charge in [-0.2, -0.15) is 0 Å². The first-order valence-electron chi connectivity index (χ1n) is 6.19. The van der Waals surface area contributed by atoms with Crippen LogP contribution < -0.4 is 10.6 Å². The van der Waals surface area contributed by atoms with Crippen molar-refractivity contribution in [1.82, 2.24) is 10.6 Å². The molecule has 0 aromatic heterocycles. The number of benzene rings is 1. The van der Waals surface area contributed by atoms with Crippen molar-refractivity contribution in [2.75, 3.05) is 0 Å². The maximum Gasteiger partial charge on any atom is 0.243 e. The molecular weight excluding hydrogens is 228 g/mol. The first-order chi connectivity index (χ1) is 8.56. The lowest BCUT2D eigenvalue weighted by Crippen LogP contribution is -2.50. The van der Waals surface area contributed by atoms with Gasteiger partial charge >= 0.3 is 0 Å². The SMILES string of the molecule is Cc1ccc(C)c(CNC2CCC(=O)NC2=O)c1. The van der Waals surface area contributed by atoms with Crippen LogP contribution in [0.4, 0.5) is 0 Å². The van der Waals surface area contributed by atoms with Crippen molar-refractivity contribution < 1.29 is 9.59 Å². The molecule has 1 aromatic carbocycles. The average molecular weight is 246 g/mol. The molecular formula is C14H18N2O2. The molecule has 96 valence electrons. The molecule has 0 radical (unpaired) electrons. The Morgan fingerprint density at radius 1 is 1.33 bits per heavy atom. The summed E-state index contributed by atoms with van der Waals surface area (Å²) in [7, 11) is 0. The van der Waals surface area contributed by atoms with Crippen LogP contribution in [-0.2, 0) is 16.1 Å². The van der Waals surface area contributed by atoms with Gasteiger partial charge in [-0.1, -0.05) is 23.8 Å². The Labute approximate surface area is 107 Å². The van der Waals surface area contributed by atoms with Gasteiger partial charge in [-0.25, -0.2) is 0 Å². The highest BCUT2D eigenvalue weighted by Gasteiger charge is 2.25. The van der Waals surface area contributed by atoms with Gasteiger partial charge in [0.15, 0.2) is 0 Å². The molecule has 4 nitrogen and oxygen atoms in total. The highest BCUT2D eigenvalue weighted by Crippen LogP contribution is 2.12. The molecule has 0 spiro atoms. The van der Waals surface area contributed by atoms with E-state index >= 15 is 0 Å². The van der Waals surface area contributed by atoms with Gasteiger partial charge < -0.3 is 5.32 Å². The third-order valence-corrected chi connectivity index (χ3v) is 3.28. The summed E-state index contributed by atoms with van der Waals surface area (Å²) >= 11 is 0. The second kappa shape index (κ2) is 5.31. The standard InChI is InChI=1S/C14H18N2O2/c1-9-3-4-10(2)11(7-9)8-15-12-5-6-13(17)16-14(12)18/h3-4,7,12,15H,5-6,8H2,1-2H3,(H,16,17,18). The second-order valence-corrected chi connectivity index (χ2v) is 4.81. The first kappa shape index (κ1) is 12.8. The fraction of sp³-hybridized carbons (Fsp3) is 0.429. The Balaban J connectivity index is 1.97. The lowest BCUT2D eigenvalue weighted by Gasteiger charge is -2.22. The topological polar surface area (TPSA) is 58.2 Å². The number of hydrogen-bond acceptors (Lipinski definition) is 3. The third kappa shape index (κ3) is 2.96. The molecule has 1 atom stereocenters. The monoisotopic (exact) mass is 246 g/mol. The molecule has 0 aliphatic carbocycles. The summed E-state index contributed by atoms with van der Waals surface area (Å²) in [6.45, 7) is 4.76. The molecule has 4 heteroatoms. The van der Waals surface area contributed by atoms with Crippen LogP contribution >= 0.6 is 0 Å². The minimum atomic E-state index is -0.261. The Bertz CT molecular complexity index is 483. The predicted molar refractivity (Wildman–Crippen MR) is 68.9 cm³/mol. The van der Waals surface area contributed by atoms with E-state index in [1.54, 1.807) is 0 Å². The van der Waals surface area contributed by atoms with E-state index in [9.17, 15) is 9.59 Å². The van der Waals surface area contributed by atoms with Crippen LogP contribution in [0.3, 0.4) is 0 Å². The van der Waals surface area contributed by atoms with Gasteiger partial charge in [-0.05, 0) is 31.4 Å². The van der Waals surface area contributed by atoms with E-state index in [1.165, 1.54) is 16.7 Å². The van der Waals surface area contributed by atoms with Crippen molar-refractivity contribution in [3.05, 3.63) is 34.9 Å². The fourth-order valence-corrected chi connectivity index (χ4v) is 2.11. The molecule has 18 heavy (non-hydrogen) atoms. The van der Waals surface area contributed by atoms with E-state index < -0.39 is 0 Å². The van der Waals surface area contributed by atoms with Crippen LogP contribution in [0.15, 0.2) is 18.2 Å². The molecule has 1 unspecified atom stereocenters. The zero-order valence-electron chi connectivity index (χ0n) is 10.7. The van der Waals surface area contributed by atoms with Gasteiger partial charge in [0.25, 0.3) is 0 Å². The van der Waals surface area contributed by atoms with Gasteiger partial charge in [0.2, 0.25) is 11.8 Å². The molecule has 1 heterocycles. The molecule has 1 aliphatic rings. The van der Waals surface area contributed by atoms with E-state index in [1.807, 2.05) is 0 Å². The Kier molecular flexibility index (Phi) is 3.77. The van der Waals surface area contributed by atoms with Crippen LogP contribution in [0.1, 0.15) is 29.5 Å². The number of imide groups is 1. The number of hydrogen-bond donors (Lipinski definition) is 2. The third-order valence-electron chi connectivity index (χ3n) is 3.28. The first-order valence-corrected chi connectivity index (χ1v) is 6.19. The fourth-order valence-electron chi connectivity index (χ4n) is 2.11. The van der Waals surface area contributed by atoms with Crippen LogP contribution in [0.5, 0.6) is 0 Å². The highest BCUT2D eigenvalue weighted by atomic mass is 16.2. The smallest absolute Gasteiger partial charge is 0.243 e. The Hall–Kier alpha value is -1.68. The average Bonchev–Trinajstić information content (AvgIpc) is 2.32. The summed E-state index contributed by atoms with van der Waals surface area (Å²) in [5.74, 6) is -0.388. The summed E-state index contributed by atoms with van der Waals surface area (Å²) in [5, 5.41) is 5.56. The number of nitrogens with one attached hydrogen (secondary N) is 2. The summed E-state index contributed by atoms with van der Waals surface area (Å²) in [6.07, 6.45) is 0.992. The number of amides is 2. The lowest BCUT2D eigenvalue weighted by molar-refractivity contribution is -0.134. The molecule has 2 N–H and O–H groups in total. The van der Waals surface area contributed by atoms with Gasteiger partial charge in [-0.15, -0.1) is 0 Å². The summed E-state index contributed by atoms with van der Waals surface area (Å²) in [5.41, 5.74) is 3.61. The number of carbonyl (C=O) groups excluding carboxylic acids is 2. The minimum Gasteiger partial charge on any atom is -0.302 e. The van der Waals surface area contributed by atoms with Crippen molar-refractivity contribution in [1.29, 1.82) is 0 Å². The van der Waals surface area contributed by atoms with E-state index in [0.29, 0.717) is 19.4 Å². The number of carbonyl (C=O) groups is 2. The highest BCUT2D eigenvalue weighted by molar-refractivity contribution is 6.00. The van der Waals surface area contributed by atoms with Crippen molar-refractivity contribution >= 4 is 11.8 Å². The van der Waals surface area contributed by atoms with E-state index in [0.717, 1.165) is 0 Å². The molecule has 0 saturated carbocycles. The van der Waals surface area contributed by atoms with Crippen LogP contribution in [0.25, 0.3) is 0 Å². The molecule has 1 aromatic rings. The normalized spacial score (nSPS) is 19.8. The van der Waals surface area contributed by atoms with E-state index in [-0.39, 0.29) is 17.9 Å². The molecule has 1 fully saturated rings. The Morgan fingerprint density at radius 3 is 2.83 bits per heavy atom. The largest absolute Gasteiger partial charge is 0.302 e. The zero-order chi connectivity index (χ0) is 13.1. The van der Waals surface area contributed by atoms with Gasteiger partial charge in [-0.3, -0.25) is 14.9 Å². The lowest BCUT2D eigenvalue weighted by atomic mass is 10.0. The Morgan fingerprint density at radius 2 is 2.11 bits per heavy atom. The van der Waals surface area contributed by atoms with E-state index in [4.69, 9.17) is 0 Å². The summed E-state index contributed by atoms with van der Waals surface area (Å²) in [4.78, 5) is 22.6. The number of rotatable bonds is 3. The minimum absolute atomic E-state index is 0.176. The molecule has 1 saturated heterocycles. The second-order valence-electron chi connectivity index (χ2n) is 4.81. The quantitative estimate of drug-likeness (QED) is 0.788. The predicted octanol–water partition coefficient (Wildman–Crippen LogP) is 1.20. The van der Waals surface area contributed by atoms with Crippen molar-refractivity contribution in [2.24, 2.45) is 0 Å². The van der Waals surface area contributed by atoms with Crippen LogP contribution in [0.2, 0.25) is 0 Å². The number of aryl methyl sites for hydroxylation is 2. The molecule has 2 rings (SSSR count). The van der Waals surface area contributed by atoms with Crippen molar-refractivity contribution in [3.63, 3.8) is 0 Å². The number of piperidine rings is 1. The maximum absolute atomic E-state index is 11.6. The molecule has 1 aliphatic heterocycles. The van der Waals surface area contributed by atoms with Gasteiger partial charge in [0.1, 0.15) is 0 Å². The zero-order valence-corrected chi connectivity index (χ0v) is 10.7. The van der Waals surface area contributed by atoms with Crippen molar-refractivity contribution in [3.8, 4) is 0 Å². The maximum atomic E-state index is 11.6. The summed E-state index contributed by atoms with van der Waals surface area (Å²) < 4.78 is 0. The van der Waals surface area contributed by atoms with Gasteiger partial charge in [0, 0.05) is 13.0 Å². The van der Waals surface area contributed by atoms with Crippen LogP contribution in [-0.4, -0.2) is 17.9 Å². The van der Waals surface area contributed by atoms with Crippen LogP contribution in [0, 0.1) is 13.8 Å².